The van der Waals surface area contributed by atoms with Crippen LogP contribution in [-0.2, 0) is 0 Å². The lowest BCUT2D eigenvalue weighted by Crippen LogP contribution is -2.36. The Bertz CT molecular complexity index is 820. The summed E-state index contributed by atoms with van der Waals surface area (Å²) in [5.41, 5.74) is 8.58. The molecule has 0 aliphatic carbocycles. The van der Waals surface area contributed by atoms with Gasteiger partial charge in [0.25, 0.3) is 5.91 Å². The van der Waals surface area contributed by atoms with Crippen molar-refractivity contribution < 1.29 is 4.79 Å². The fourth-order valence-corrected chi connectivity index (χ4v) is 3.05. The van der Waals surface area contributed by atoms with Crippen LogP contribution >= 0.6 is 0 Å². The number of nitrogens with one attached hydrogen (secondary N) is 1. The first-order valence-electron chi connectivity index (χ1n) is 7.85. The van der Waals surface area contributed by atoms with E-state index in [1.165, 1.54) is 0 Å². The van der Waals surface area contributed by atoms with E-state index in [1.807, 2.05) is 13.8 Å². The molecule has 124 valence electrons. The first-order valence-corrected chi connectivity index (χ1v) is 7.85. The van der Waals surface area contributed by atoms with Gasteiger partial charge in [-0.1, -0.05) is 0 Å². The van der Waals surface area contributed by atoms with E-state index in [9.17, 15) is 10.1 Å². The Morgan fingerprint density at radius 1 is 1.46 bits per heavy atom. The molecule has 0 unspecified atom stereocenters. The third-order valence-corrected chi connectivity index (χ3v) is 4.56. The number of anilines is 1. The minimum Gasteiger partial charge on any atom is -0.364 e. The number of rotatable bonds is 3. The number of nitrogens with zero attached hydrogens (tertiary/aromatic N) is 5. The smallest absolute Gasteiger partial charge is 0.269 e. The fourth-order valence-electron chi connectivity index (χ4n) is 3.05. The molecule has 0 bridgehead atoms. The van der Waals surface area contributed by atoms with Crippen LogP contribution in [0.4, 0.5) is 5.82 Å². The maximum atomic E-state index is 11.2. The van der Waals surface area contributed by atoms with Crippen molar-refractivity contribution in [2.75, 3.05) is 18.0 Å². The second-order valence-corrected chi connectivity index (χ2v) is 6.08. The van der Waals surface area contributed by atoms with Crippen LogP contribution in [0.15, 0.2) is 6.07 Å². The highest BCUT2D eigenvalue weighted by Gasteiger charge is 2.27. The van der Waals surface area contributed by atoms with Crippen LogP contribution in [0.3, 0.4) is 0 Å². The van der Waals surface area contributed by atoms with Crippen molar-refractivity contribution in [3.05, 3.63) is 34.3 Å². The number of aryl methyl sites for hydroxylation is 1. The van der Waals surface area contributed by atoms with Gasteiger partial charge in [-0.15, -0.1) is 5.10 Å². The van der Waals surface area contributed by atoms with Gasteiger partial charge >= 0.3 is 0 Å². The van der Waals surface area contributed by atoms with E-state index in [0.717, 1.165) is 36.3 Å². The highest BCUT2D eigenvalue weighted by Crippen LogP contribution is 2.30. The van der Waals surface area contributed by atoms with Gasteiger partial charge in [0.05, 0.1) is 5.69 Å². The number of nitriles is 1. The second kappa shape index (κ2) is 6.28. The van der Waals surface area contributed by atoms with Gasteiger partial charge in [0.15, 0.2) is 5.82 Å². The highest BCUT2D eigenvalue weighted by molar-refractivity contribution is 5.90. The zero-order valence-electron chi connectivity index (χ0n) is 13.7. The Labute approximate surface area is 139 Å². The lowest BCUT2D eigenvalue weighted by molar-refractivity contribution is 0.0995. The van der Waals surface area contributed by atoms with Crippen LogP contribution in [0.25, 0.3) is 0 Å². The molecule has 1 amide bonds. The Hall–Kier alpha value is -2.95. The molecule has 24 heavy (non-hydrogen) atoms. The molecule has 3 rings (SSSR count). The molecule has 0 spiro atoms. The van der Waals surface area contributed by atoms with Crippen molar-refractivity contribution in [2.45, 2.75) is 32.6 Å². The van der Waals surface area contributed by atoms with Gasteiger partial charge in [0.1, 0.15) is 17.3 Å². The monoisotopic (exact) mass is 325 g/mol. The first kappa shape index (κ1) is 15.9. The maximum absolute atomic E-state index is 11.2. The van der Waals surface area contributed by atoms with Gasteiger partial charge in [-0.25, -0.2) is 0 Å². The molecule has 1 saturated heterocycles. The average Bonchev–Trinajstić information content (AvgIpc) is 3.07. The van der Waals surface area contributed by atoms with Crippen molar-refractivity contribution in [1.29, 1.82) is 5.26 Å². The summed E-state index contributed by atoms with van der Waals surface area (Å²) in [5.74, 6) is 0.256. The van der Waals surface area contributed by atoms with Crippen molar-refractivity contribution in [3.8, 4) is 6.07 Å². The average molecular weight is 325 g/mol. The standard InChI is InChI=1S/C16H19N7O/c1-9-10(2)19-22-16(12(9)7-17)23-5-3-4-11(8-23)13-6-14(15(18)24)21-20-13/h6,11H,3-5,8H2,1-2H3,(H2,18,24)(H,20,21)/t11-/m0/s1. The van der Waals surface area contributed by atoms with Crippen LogP contribution in [0, 0.1) is 25.2 Å². The van der Waals surface area contributed by atoms with Crippen molar-refractivity contribution in [2.24, 2.45) is 5.73 Å². The summed E-state index contributed by atoms with van der Waals surface area (Å²) in [6.07, 6.45) is 1.92. The summed E-state index contributed by atoms with van der Waals surface area (Å²) in [4.78, 5) is 13.3. The lowest BCUT2D eigenvalue weighted by Gasteiger charge is -2.33. The van der Waals surface area contributed by atoms with Crippen LogP contribution in [0.5, 0.6) is 0 Å². The third kappa shape index (κ3) is 2.80. The summed E-state index contributed by atoms with van der Waals surface area (Å²) >= 11 is 0. The zero-order valence-corrected chi connectivity index (χ0v) is 13.7. The predicted octanol–water partition coefficient (Wildman–Crippen LogP) is 1.17. The number of hydrogen-bond acceptors (Lipinski definition) is 6. The largest absolute Gasteiger partial charge is 0.364 e. The van der Waals surface area contributed by atoms with E-state index in [-0.39, 0.29) is 11.6 Å². The van der Waals surface area contributed by atoms with E-state index in [2.05, 4.69) is 31.4 Å². The van der Waals surface area contributed by atoms with E-state index in [4.69, 9.17) is 5.73 Å². The van der Waals surface area contributed by atoms with Crippen LogP contribution < -0.4 is 10.6 Å². The number of amides is 1. The Morgan fingerprint density at radius 3 is 2.92 bits per heavy atom. The molecule has 1 atom stereocenters. The van der Waals surface area contributed by atoms with Crippen LogP contribution in [0.2, 0.25) is 0 Å². The summed E-state index contributed by atoms with van der Waals surface area (Å²) in [6.45, 7) is 5.24. The molecule has 0 aromatic carbocycles. The van der Waals surface area contributed by atoms with Crippen LogP contribution in [0.1, 0.15) is 51.8 Å². The molecule has 8 heteroatoms. The molecule has 8 nitrogen and oxygen atoms in total. The lowest BCUT2D eigenvalue weighted by atomic mass is 9.94. The number of aromatic amines is 1. The Kier molecular flexibility index (Phi) is 4.16. The maximum Gasteiger partial charge on any atom is 0.269 e. The molecule has 3 N–H and O–H groups in total. The van der Waals surface area contributed by atoms with Crippen molar-refractivity contribution in [1.82, 2.24) is 20.4 Å². The Balaban J connectivity index is 1.87. The normalized spacial score (nSPS) is 17.5. The Morgan fingerprint density at radius 2 is 2.25 bits per heavy atom. The molecule has 2 aromatic rings. The number of piperidine rings is 1. The summed E-state index contributed by atoms with van der Waals surface area (Å²) in [7, 11) is 0. The zero-order chi connectivity index (χ0) is 17.3. The molecule has 0 radical (unpaired) electrons. The SMILES string of the molecule is Cc1nnc(N2CCC[C@H](c3cc(C(N)=O)n[nH]3)C2)c(C#N)c1C. The van der Waals surface area contributed by atoms with Gasteiger partial charge in [0, 0.05) is 24.7 Å². The summed E-state index contributed by atoms with van der Waals surface area (Å²) in [6, 6.07) is 3.95. The number of primary amides is 1. The fraction of sp³-hybridized carbons (Fsp3) is 0.438. The number of aromatic nitrogens is 4. The first-order chi connectivity index (χ1) is 11.5. The van der Waals surface area contributed by atoms with E-state index in [0.29, 0.717) is 17.9 Å². The quantitative estimate of drug-likeness (QED) is 0.872. The molecular formula is C16H19N7O. The van der Waals surface area contributed by atoms with Crippen molar-refractivity contribution >= 4 is 11.7 Å². The minimum absolute atomic E-state index is 0.175. The molecule has 2 aromatic heterocycles. The molecule has 1 aliphatic rings. The van der Waals surface area contributed by atoms with Crippen LogP contribution in [-0.4, -0.2) is 39.4 Å². The number of hydrogen-bond donors (Lipinski definition) is 2. The van der Waals surface area contributed by atoms with E-state index in [1.54, 1.807) is 6.07 Å². The molecule has 1 aliphatic heterocycles. The number of nitrogens with two attached hydrogens (primary N) is 1. The van der Waals surface area contributed by atoms with Gasteiger partial charge in [0.2, 0.25) is 0 Å². The van der Waals surface area contributed by atoms with Crippen molar-refractivity contribution in [3.63, 3.8) is 0 Å². The minimum atomic E-state index is -0.544. The number of carbonyl (C=O) groups excluding carboxylic acids is 1. The molecule has 1 fully saturated rings. The third-order valence-electron chi connectivity index (χ3n) is 4.56. The van der Waals surface area contributed by atoms with E-state index < -0.39 is 5.91 Å². The summed E-state index contributed by atoms with van der Waals surface area (Å²) < 4.78 is 0. The highest BCUT2D eigenvalue weighted by atomic mass is 16.1. The molecule has 0 saturated carbocycles. The van der Waals surface area contributed by atoms with Gasteiger partial charge in [-0.2, -0.15) is 15.5 Å². The second-order valence-electron chi connectivity index (χ2n) is 6.08. The van der Waals surface area contributed by atoms with Gasteiger partial charge in [-0.3, -0.25) is 9.89 Å². The van der Waals surface area contributed by atoms with Gasteiger partial charge < -0.3 is 10.6 Å². The molecular weight excluding hydrogens is 306 g/mol. The number of H-pyrrole nitrogens is 1. The summed E-state index contributed by atoms with van der Waals surface area (Å²) in [5, 5.41) is 24.8. The molecule has 3 heterocycles. The van der Waals surface area contributed by atoms with E-state index >= 15 is 0 Å². The predicted molar refractivity (Wildman–Crippen MR) is 87.5 cm³/mol. The number of carbonyl (C=O) groups is 1. The van der Waals surface area contributed by atoms with Gasteiger partial charge in [-0.05, 0) is 38.3 Å². The topological polar surface area (TPSA) is 125 Å².